The lowest BCUT2D eigenvalue weighted by Crippen LogP contribution is -2.61. The number of hydrogen-bond donors (Lipinski definition) is 1. The smallest absolute Gasteiger partial charge is 0.326 e. The molecule has 3 heteroatoms. The molecule has 0 aromatic heterocycles. The van der Waals surface area contributed by atoms with Crippen LogP contribution in [0, 0.1) is 17.8 Å². The van der Waals surface area contributed by atoms with Gasteiger partial charge in [-0.05, 0) is 30.6 Å². The van der Waals surface area contributed by atoms with Crippen LogP contribution in [-0.4, -0.2) is 25.2 Å². The maximum absolute atomic E-state index is 12.3. The average Bonchev–Trinajstić information content (AvgIpc) is 2.34. The molecular weight excluding hydrogens is 226 g/mol. The lowest BCUT2D eigenvalue weighted by atomic mass is 9.65. The number of methoxy groups -OCH3 is 1. The van der Waals surface area contributed by atoms with Crippen molar-refractivity contribution in [3.8, 4) is 0 Å². The van der Waals surface area contributed by atoms with E-state index in [9.17, 15) is 4.79 Å². The SMILES string of the molecule is C=CCNC1(C(=O)OC)CC(C)CCC1C(C)C. The molecule has 3 nitrogen and oxygen atoms in total. The van der Waals surface area contributed by atoms with Crippen molar-refractivity contribution in [2.45, 2.75) is 45.6 Å². The predicted molar refractivity (Wildman–Crippen MR) is 74.3 cm³/mol. The molecule has 0 radical (unpaired) electrons. The van der Waals surface area contributed by atoms with Crippen LogP contribution in [0.1, 0.15) is 40.0 Å². The molecule has 3 unspecified atom stereocenters. The third kappa shape index (κ3) is 2.94. The molecule has 1 saturated carbocycles. The highest BCUT2D eigenvalue weighted by atomic mass is 16.5. The molecule has 104 valence electrons. The zero-order valence-corrected chi connectivity index (χ0v) is 12.2. The first kappa shape index (κ1) is 15.2. The number of ether oxygens (including phenoxy) is 1. The summed E-state index contributed by atoms with van der Waals surface area (Å²) < 4.78 is 5.08. The van der Waals surface area contributed by atoms with Crippen molar-refractivity contribution < 1.29 is 9.53 Å². The zero-order chi connectivity index (χ0) is 13.8. The van der Waals surface area contributed by atoms with Gasteiger partial charge < -0.3 is 4.74 Å². The number of carbonyl (C=O) groups is 1. The van der Waals surface area contributed by atoms with E-state index in [2.05, 4.69) is 32.7 Å². The lowest BCUT2D eigenvalue weighted by Gasteiger charge is -2.46. The quantitative estimate of drug-likeness (QED) is 0.605. The van der Waals surface area contributed by atoms with Crippen LogP contribution < -0.4 is 5.32 Å². The Morgan fingerprint density at radius 1 is 1.56 bits per heavy atom. The fraction of sp³-hybridized carbons (Fsp3) is 0.800. The first-order valence-corrected chi connectivity index (χ1v) is 6.92. The number of carbonyl (C=O) groups excluding carboxylic acids is 1. The molecule has 1 N–H and O–H groups in total. The van der Waals surface area contributed by atoms with Crippen molar-refractivity contribution >= 4 is 5.97 Å². The van der Waals surface area contributed by atoms with Crippen LogP contribution in [-0.2, 0) is 9.53 Å². The van der Waals surface area contributed by atoms with Crippen molar-refractivity contribution in [3.05, 3.63) is 12.7 Å². The van der Waals surface area contributed by atoms with E-state index >= 15 is 0 Å². The minimum atomic E-state index is -0.533. The first-order valence-electron chi connectivity index (χ1n) is 6.92. The van der Waals surface area contributed by atoms with Crippen LogP contribution >= 0.6 is 0 Å². The molecule has 0 aromatic carbocycles. The van der Waals surface area contributed by atoms with Gasteiger partial charge in [-0.15, -0.1) is 6.58 Å². The van der Waals surface area contributed by atoms with Crippen molar-refractivity contribution in [2.75, 3.05) is 13.7 Å². The Morgan fingerprint density at radius 3 is 2.72 bits per heavy atom. The van der Waals surface area contributed by atoms with E-state index in [4.69, 9.17) is 4.74 Å². The van der Waals surface area contributed by atoms with Gasteiger partial charge >= 0.3 is 5.97 Å². The first-order chi connectivity index (χ1) is 8.47. The Hall–Kier alpha value is -0.830. The Balaban J connectivity index is 3.06. The molecule has 0 bridgehead atoms. The fourth-order valence-corrected chi connectivity index (χ4v) is 3.36. The van der Waals surface area contributed by atoms with Gasteiger partial charge in [0.2, 0.25) is 0 Å². The average molecular weight is 253 g/mol. The van der Waals surface area contributed by atoms with Gasteiger partial charge in [0.1, 0.15) is 5.54 Å². The molecule has 0 saturated heterocycles. The van der Waals surface area contributed by atoms with E-state index in [1.54, 1.807) is 6.08 Å². The van der Waals surface area contributed by atoms with Gasteiger partial charge in [-0.3, -0.25) is 10.1 Å². The topological polar surface area (TPSA) is 38.3 Å². The monoisotopic (exact) mass is 253 g/mol. The van der Waals surface area contributed by atoms with Crippen molar-refractivity contribution in [1.29, 1.82) is 0 Å². The van der Waals surface area contributed by atoms with E-state index in [0.717, 1.165) is 12.8 Å². The molecule has 0 aromatic rings. The van der Waals surface area contributed by atoms with Crippen molar-refractivity contribution in [2.24, 2.45) is 17.8 Å². The summed E-state index contributed by atoms with van der Waals surface area (Å²) >= 11 is 0. The molecule has 18 heavy (non-hydrogen) atoms. The third-order valence-corrected chi connectivity index (χ3v) is 4.19. The highest BCUT2D eigenvalue weighted by Gasteiger charge is 2.50. The molecule has 3 atom stereocenters. The van der Waals surface area contributed by atoms with Gasteiger partial charge in [0.15, 0.2) is 0 Å². The minimum absolute atomic E-state index is 0.116. The molecule has 1 fully saturated rings. The van der Waals surface area contributed by atoms with Gasteiger partial charge in [-0.1, -0.05) is 33.3 Å². The standard InChI is InChI=1S/C15H27NO2/c1-6-9-16-15(14(17)18-5)10-12(4)7-8-13(15)11(2)3/h6,11-13,16H,1,7-10H2,2-5H3. The highest BCUT2D eigenvalue weighted by Crippen LogP contribution is 2.41. The Morgan fingerprint density at radius 2 is 2.22 bits per heavy atom. The lowest BCUT2D eigenvalue weighted by molar-refractivity contribution is -0.155. The predicted octanol–water partition coefficient (Wildman–Crippen LogP) is 2.77. The maximum atomic E-state index is 12.3. The minimum Gasteiger partial charge on any atom is -0.468 e. The van der Waals surface area contributed by atoms with Gasteiger partial charge in [0.25, 0.3) is 0 Å². The summed E-state index contributed by atoms with van der Waals surface area (Å²) in [6.07, 6.45) is 4.94. The Kier molecular flexibility index (Phi) is 5.39. The van der Waals surface area contributed by atoms with E-state index in [1.165, 1.54) is 13.5 Å². The summed E-state index contributed by atoms with van der Waals surface area (Å²) in [5, 5.41) is 3.40. The Bertz CT molecular complexity index is 301. The zero-order valence-electron chi connectivity index (χ0n) is 12.2. The van der Waals surface area contributed by atoms with Gasteiger partial charge in [-0.2, -0.15) is 0 Å². The summed E-state index contributed by atoms with van der Waals surface area (Å²) in [6, 6.07) is 0. The fourth-order valence-electron chi connectivity index (χ4n) is 3.36. The normalized spacial score (nSPS) is 32.3. The Labute approximate surface area is 111 Å². The van der Waals surface area contributed by atoms with E-state index in [1.807, 2.05) is 0 Å². The molecule has 0 amide bonds. The number of hydrogen-bond acceptors (Lipinski definition) is 3. The number of esters is 1. The second-order valence-corrected chi connectivity index (χ2v) is 5.87. The van der Waals surface area contributed by atoms with Crippen LogP contribution in [0.15, 0.2) is 12.7 Å². The van der Waals surface area contributed by atoms with Crippen LogP contribution in [0.4, 0.5) is 0 Å². The number of nitrogens with one attached hydrogen (secondary N) is 1. The summed E-state index contributed by atoms with van der Waals surface area (Å²) in [4.78, 5) is 12.3. The van der Waals surface area contributed by atoms with Crippen LogP contribution in [0.5, 0.6) is 0 Å². The van der Waals surface area contributed by atoms with Gasteiger partial charge in [-0.25, -0.2) is 0 Å². The molecule has 0 spiro atoms. The second-order valence-electron chi connectivity index (χ2n) is 5.87. The van der Waals surface area contributed by atoms with Crippen LogP contribution in [0.2, 0.25) is 0 Å². The summed E-state index contributed by atoms with van der Waals surface area (Å²) in [7, 11) is 1.48. The molecule has 1 rings (SSSR count). The van der Waals surface area contributed by atoms with Gasteiger partial charge in [0.05, 0.1) is 7.11 Å². The van der Waals surface area contributed by atoms with E-state index < -0.39 is 5.54 Å². The molecule has 1 aliphatic rings. The molecule has 1 aliphatic carbocycles. The molecule has 0 heterocycles. The largest absolute Gasteiger partial charge is 0.468 e. The van der Waals surface area contributed by atoms with Crippen molar-refractivity contribution in [3.63, 3.8) is 0 Å². The summed E-state index contributed by atoms with van der Waals surface area (Å²) in [5.41, 5.74) is -0.533. The third-order valence-electron chi connectivity index (χ3n) is 4.19. The van der Waals surface area contributed by atoms with Crippen LogP contribution in [0.3, 0.4) is 0 Å². The highest BCUT2D eigenvalue weighted by molar-refractivity contribution is 5.81. The van der Waals surface area contributed by atoms with E-state index in [0.29, 0.717) is 24.3 Å². The van der Waals surface area contributed by atoms with E-state index in [-0.39, 0.29) is 5.97 Å². The summed E-state index contributed by atoms with van der Waals surface area (Å²) in [5.74, 6) is 1.24. The molecule has 0 aliphatic heterocycles. The molecular formula is C15H27NO2. The second kappa shape index (κ2) is 6.37. The number of rotatable bonds is 5. The van der Waals surface area contributed by atoms with Crippen LogP contribution in [0.25, 0.3) is 0 Å². The maximum Gasteiger partial charge on any atom is 0.326 e. The van der Waals surface area contributed by atoms with Crippen molar-refractivity contribution in [1.82, 2.24) is 5.32 Å². The summed E-state index contributed by atoms with van der Waals surface area (Å²) in [6.45, 7) is 11.0. The van der Waals surface area contributed by atoms with Gasteiger partial charge in [0, 0.05) is 6.54 Å².